The van der Waals surface area contributed by atoms with Crippen LogP contribution >= 0.6 is 0 Å². The van der Waals surface area contributed by atoms with Gasteiger partial charge in [-0.15, -0.1) is 0 Å². The Balaban J connectivity index is 1.78. The normalized spacial score (nSPS) is 14.5. The van der Waals surface area contributed by atoms with E-state index in [9.17, 15) is 9.90 Å². The Hall–Kier alpha value is -3.59. The van der Waals surface area contributed by atoms with Crippen LogP contribution in [0.15, 0.2) is 46.6 Å². The second-order valence-electron chi connectivity index (χ2n) is 7.61. The van der Waals surface area contributed by atoms with E-state index in [0.717, 1.165) is 36.0 Å². The molecule has 2 aromatic carbocycles. The molecule has 6 nitrogen and oxygen atoms in total. The molecule has 0 saturated carbocycles. The molecule has 0 atom stereocenters. The summed E-state index contributed by atoms with van der Waals surface area (Å²) in [6.07, 6.45) is 3.03. The van der Waals surface area contributed by atoms with Gasteiger partial charge in [0, 0.05) is 12.1 Å². The smallest absolute Gasteiger partial charge is 0.296 e. The maximum absolute atomic E-state index is 12.6. The molecular weight excluding hydrogens is 388 g/mol. The molecule has 31 heavy (non-hydrogen) atoms. The first-order valence-electron chi connectivity index (χ1n) is 10.5. The first-order chi connectivity index (χ1) is 14.9. The number of phenolic OH excluding ortho intramolecular Hbond substituents is 1. The first-order valence-corrected chi connectivity index (χ1v) is 10.5. The minimum absolute atomic E-state index is 0.00886. The fourth-order valence-electron chi connectivity index (χ4n) is 3.33. The van der Waals surface area contributed by atoms with Crippen LogP contribution in [0.4, 0.5) is 5.69 Å². The van der Waals surface area contributed by atoms with Gasteiger partial charge >= 0.3 is 0 Å². The van der Waals surface area contributed by atoms with Gasteiger partial charge in [0.25, 0.3) is 5.91 Å². The number of phenols is 1. The molecule has 3 rings (SSSR count). The standard InChI is InChI=1S/C25H28N4O2/c1-5-6-7-16-29-25(31)23(19(4)28-29)27-26-22-13-9-12-20(24(22)30)14-15-21-17(2)10-8-11-18(21)3/h8-13,26,30H,5-7,16H2,1-4H3/b27-23-. The number of hydrazone groups is 2. The zero-order chi connectivity index (χ0) is 22.4. The highest BCUT2D eigenvalue weighted by Crippen LogP contribution is 2.27. The van der Waals surface area contributed by atoms with Crippen molar-refractivity contribution in [2.24, 2.45) is 10.2 Å². The van der Waals surface area contributed by atoms with E-state index in [1.165, 1.54) is 5.01 Å². The molecule has 0 unspecified atom stereocenters. The number of amides is 1. The molecule has 0 saturated heterocycles. The molecule has 1 heterocycles. The van der Waals surface area contributed by atoms with Crippen LogP contribution < -0.4 is 5.43 Å². The van der Waals surface area contributed by atoms with Crippen molar-refractivity contribution in [3.05, 3.63) is 58.7 Å². The third-order valence-corrected chi connectivity index (χ3v) is 5.15. The van der Waals surface area contributed by atoms with Crippen molar-refractivity contribution >= 4 is 23.0 Å². The molecule has 0 radical (unpaired) electrons. The third-order valence-electron chi connectivity index (χ3n) is 5.15. The number of nitrogens with one attached hydrogen (secondary N) is 1. The Morgan fingerprint density at radius 2 is 1.77 bits per heavy atom. The van der Waals surface area contributed by atoms with Gasteiger partial charge in [-0.1, -0.05) is 55.9 Å². The summed E-state index contributed by atoms with van der Waals surface area (Å²) in [5.74, 6) is 5.96. The van der Waals surface area contributed by atoms with Crippen molar-refractivity contribution in [2.75, 3.05) is 12.0 Å². The summed E-state index contributed by atoms with van der Waals surface area (Å²) < 4.78 is 0. The summed E-state index contributed by atoms with van der Waals surface area (Å²) in [6, 6.07) is 11.2. The molecule has 1 amide bonds. The summed E-state index contributed by atoms with van der Waals surface area (Å²) >= 11 is 0. The topological polar surface area (TPSA) is 77.3 Å². The molecule has 160 valence electrons. The lowest BCUT2D eigenvalue weighted by molar-refractivity contribution is -0.123. The second-order valence-corrected chi connectivity index (χ2v) is 7.61. The lowest BCUT2D eigenvalue weighted by Crippen LogP contribution is -2.28. The Bertz CT molecular complexity index is 1090. The molecule has 2 N–H and O–H groups in total. The average Bonchev–Trinajstić information content (AvgIpc) is 3.01. The first kappa shape index (κ1) is 22.1. The van der Waals surface area contributed by atoms with Crippen LogP contribution in [-0.4, -0.2) is 34.0 Å². The zero-order valence-electron chi connectivity index (χ0n) is 18.5. The minimum atomic E-state index is -0.230. The fraction of sp³-hybridized carbons (Fsp3) is 0.320. The van der Waals surface area contributed by atoms with Crippen LogP contribution in [0.1, 0.15) is 55.4 Å². The number of unbranched alkanes of at least 4 members (excludes halogenated alkanes) is 2. The van der Waals surface area contributed by atoms with Gasteiger partial charge in [0.2, 0.25) is 0 Å². The van der Waals surface area contributed by atoms with E-state index in [-0.39, 0.29) is 17.4 Å². The molecule has 2 aromatic rings. The maximum atomic E-state index is 12.6. The van der Waals surface area contributed by atoms with Gasteiger partial charge in [0.15, 0.2) is 11.5 Å². The van der Waals surface area contributed by atoms with E-state index in [1.807, 2.05) is 32.0 Å². The molecule has 0 aliphatic carbocycles. The summed E-state index contributed by atoms with van der Waals surface area (Å²) in [5.41, 5.74) is 7.61. The maximum Gasteiger partial charge on any atom is 0.296 e. The van der Waals surface area contributed by atoms with E-state index < -0.39 is 0 Å². The molecule has 0 fully saturated rings. The van der Waals surface area contributed by atoms with E-state index in [1.54, 1.807) is 25.1 Å². The van der Waals surface area contributed by atoms with Gasteiger partial charge in [-0.25, -0.2) is 5.01 Å². The zero-order valence-corrected chi connectivity index (χ0v) is 18.5. The van der Waals surface area contributed by atoms with Crippen molar-refractivity contribution in [3.8, 4) is 17.6 Å². The minimum Gasteiger partial charge on any atom is -0.504 e. The van der Waals surface area contributed by atoms with Crippen LogP contribution in [-0.2, 0) is 4.79 Å². The van der Waals surface area contributed by atoms with Gasteiger partial charge in [-0.05, 0) is 50.5 Å². The highest BCUT2D eigenvalue weighted by atomic mass is 16.3. The van der Waals surface area contributed by atoms with E-state index in [2.05, 4.69) is 34.4 Å². The van der Waals surface area contributed by atoms with Crippen molar-refractivity contribution in [2.45, 2.75) is 47.0 Å². The van der Waals surface area contributed by atoms with Gasteiger partial charge in [-0.2, -0.15) is 10.2 Å². The molecule has 1 aliphatic rings. The number of nitrogens with zero attached hydrogens (tertiary/aromatic N) is 3. The van der Waals surface area contributed by atoms with E-state index >= 15 is 0 Å². The predicted octanol–water partition coefficient (Wildman–Crippen LogP) is 4.59. The highest BCUT2D eigenvalue weighted by molar-refractivity contribution is 6.68. The number of anilines is 1. The highest BCUT2D eigenvalue weighted by Gasteiger charge is 2.29. The molecule has 0 aromatic heterocycles. The van der Waals surface area contributed by atoms with E-state index in [4.69, 9.17) is 0 Å². The van der Waals surface area contributed by atoms with Gasteiger partial charge < -0.3 is 5.11 Å². The predicted molar refractivity (Wildman–Crippen MR) is 125 cm³/mol. The van der Waals surface area contributed by atoms with Crippen LogP contribution in [0.3, 0.4) is 0 Å². The van der Waals surface area contributed by atoms with Crippen molar-refractivity contribution in [3.63, 3.8) is 0 Å². The number of para-hydroxylation sites is 1. The largest absolute Gasteiger partial charge is 0.504 e. The Morgan fingerprint density at radius 3 is 2.48 bits per heavy atom. The summed E-state index contributed by atoms with van der Waals surface area (Å²) in [6.45, 7) is 8.48. The van der Waals surface area contributed by atoms with Crippen LogP contribution in [0.25, 0.3) is 0 Å². The molecular formula is C25H28N4O2. The van der Waals surface area contributed by atoms with Crippen molar-refractivity contribution < 1.29 is 9.90 Å². The fourth-order valence-corrected chi connectivity index (χ4v) is 3.33. The van der Waals surface area contributed by atoms with Gasteiger partial charge in [0.1, 0.15) is 0 Å². The SMILES string of the molecule is CCCCCN1N=C(C)/C(=N/Nc2cccc(C#Cc3c(C)cccc3C)c2O)C1=O. The third kappa shape index (κ3) is 5.13. The Morgan fingerprint density at radius 1 is 1.06 bits per heavy atom. The number of rotatable bonds is 6. The van der Waals surface area contributed by atoms with Crippen molar-refractivity contribution in [1.29, 1.82) is 0 Å². The summed E-state index contributed by atoms with van der Waals surface area (Å²) in [5, 5.41) is 20.6. The number of benzene rings is 2. The van der Waals surface area contributed by atoms with Crippen molar-refractivity contribution in [1.82, 2.24) is 5.01 Å². The lowest BCUT2D eigenvalue weighted by atomic mass is 10.0. The number of carbonyl (C=O) groups is 1. The molecule has 0 bridgehead atoms. The number of carbonyl (C=O) groups excluding carboxylic acids is 1. The number of aromatic hydroxyl groups is 1. The number of aryl methyl sites for hydroxylation is 2. The number of hydrogen-bond acceptors (Lipinski definition) is 5. The molecule has 6 heteroatoms. The van der Waals surface area contributed by atoms with Gasteiger partial charge in [-0.3, -0.25) is 10.2 Å². The Labute approximate surface area is 183 Å². The van der Waals surface area contributed by atoms with Crippen LogP contribution in [0.5, 0.6) is 5.75 Å². The monoisotopic (exact) mass is 416 g/mol. The second kappa shape index (κ2) is 9.94. The quantitative estimate of drug-likeness (QED) is 0.313. The summed E-state index contributed by atoms with van der Waals surface area (Å²) in [4.78, 5) is 12.6. The Kier molecular flexibility index (Phi) is 7.09. The lowest BCUT2D eigenvalue weighted by Gasteiger charge is -2.10. The van der Waals surface area contributed by atoms with Gasteiger partial charge in [0.05, 0.1) is 17.0 Å². The van der Waals surface area contributed by atoms with Crippen LogP contribution in [0, 0.1) is 25.7 Å². The van der Waals surface area contributed by atoms with E-state index in [0.29, 0.717) is 23.5 Å². The number of hydrogen-bond donors (Lipinski definition) is 2. The molecule has 1 aliphatic heterocycles. The average molecular weight is 417 g/mol. The van der Waals surface area contributed by atoms with Crippen LogP contribution in [0.2, 0.25) is 0 Å². The molecule has 0 spiro atoms. The summed E-state index contributed by atoms with van der Waals surface area (Å²) in [7, 11) is 0.